The fourth-order valence-electron chi connectivity index (χ4n) is 3.39. The number of benzene rings is 2. The van der Waals surface area contributed by atoms with Crippen molar-refractivity contribution in [3.8, 4) is 0 Å². The number of fused-ring (bicyclic) bond motifs is 1. The summed E-state index contributed by atoms with van der Waals surface area (Å²) < 4.78 is 14.7. The van der Waals surface area contributed by atoms with Gasteiger partial charge in [-0.3, -0.25) is 0 Å². The Bertz CT molecular complexity index is 975. The number of hydrogen-bond donors (Lipinski definition) is 1. The monoisotopic (exact) mass is 384 g/mol. The highest BCUT2D eigenvalue weighted by Crippen LogP contribution is 2.30. The Morgan fingerprint density at radius 2 is 1.81 bits per heavy atom. The van der Waals surface area contributed by atoms with Crippen LogP contribution in [-0.2, 0) is 0 Å². The molecule has 2 heterocycles. The first-order valence-corrected chi connectivity index (χ1v) is 9.75. The van der Waals surface area contributed by atoms with Gasteiger partial charge in [0.1, 0.15) is 11.3 Å². The van der Waals surface area contributed by atoms with Crippen LogP contribution in [0.2, 0.25) is 0 Å². The number of halogens is 1. The van der Waals surface area contributed by atoms with E-state index in [9.17, 15) is 9.18 Å². The van der Waals surface area contributed by atoms with Crippen LogP contribution in [0.3, 0.4) is 0 Å². The number of para-hydroxylation sites is 1. The van der Waals surface area contributed by atoms with Gasteiger partial charge in [0.25, 0.3) is 0 Å². The first-order chi connectivity index (χ1) is 13.0. The van der Waals surface area contributed by atoms with Crippen molar-refractivity contribution in [1.29, 1.82) is 0 Å². The molecule has 0 unspecified atom stereocenters. The summed E-state index contributed by atoms with van der Waals surface area (Å²) in [5, 5.41) is 3.79. The van der Waals surface area contributed by atoms with Gasteiger partial charge in [-0.25, -0.2) is 14.2 Å². The molecule has 2 aromatic carbocycles. The fraction of sp³-hybridized carbons (Fsp3) is 0.300. The van der Waals surface area contributed by atoms with E-state index < -0.39 is 0 Å². The average Bonchev–Trinajstić information content (AvgIpc) is 3.07. The Morgan fingerprint density at radius 3 is 2.48 bits per heavy atom. The first kappa shape index (κ1) is 17.7. The molecule has 0 saturated carbocycles. The molecule has 0 radical (unpaired) electrons. The Kier molecular flexibility index (Phi) is 4.70. The number of hydrogen-bond acceptors (Lipinski definition) is 4. The molecule has 1 fully saturated rings. The summed E-state index contributed by atoms with van der Waals surface area (Å²) in [6.45, 7) is 6.61. The number of rotatable bonds is 2. The predicted molar refractivity (Wildman–Crippen MR) is 108 cm³/mol. The second-order valence-electron chi connectivity index (χ2n) is 6.86. The lowest BCUT2D eigenvalue weighted by atomic mass is 10.1. The van der Waals surface area contributed by atoms with Crippen molar-refractivity contribution in [2.24, 2.45) is 0 Å². The van der Waals surface area contributed by atoms with Crippen molar-refractivity contribution in [2.75, 3.05) is 36.4 Å². The summed E-state index contributed by atoms with van der Waals surface area (Å²) in [5.74, 6) is -0.290. The van der Waals surface area contributed by atoms with Crippen molar-refractivity contribution in [3.63, 3.8) is 0 Å². The van der Waals surface area contributed by atoms with E-state index in [0.29, 0.717) is 31.7 Å². The van der Waals surface area contributed by atoms with Gasteiger partial charge >= 0.3 is 6.03 Å². The van der Waals surface area contributed by atoms with Gasteiger partial charge < -0.3 is 15.1 Å². The maximum atomic E-state index is 13.9. The highest BCUT2D eigenvalue weighted by atomic mass is 32.1. The number of aromatic nitrogens is 1. The molecule has 4 rings (SSSR count). The molecular formula is C20H21FN4OS. The van der Waals surface area contributed by atoms with E-state index in [4.69, 9.17) is 0 Å². The number of nitrogens with one attached hydrogen (secondary N) is 1. The highest BCUT2D eigenvalue weighted by molar-refractivity contribution is 7.22. The van der Waals surface area contributed by atoms with Crippen LogP contribution >= 0.6 is 11.3 Å². The third kappa shape index (κ3) is 3.73. The Morgan fingerprint density at radius 1 is 1.11 bits per heavy atom. The molecule has 3 aromatic rings. The summed E-state index contributed by atoms with van der Waals surface area (Å²) in [4.78, 5) is 20.9. The van der Waals surface area contributed by atoms with Crippen LogP contribution in [0.4, 0.5) is 20.0 Å². The molecule has 0 bridgehead atoms. The lowest BCUT2D eigenvalue weighted by molar-refractivity contribution is 0.208. The van der Waals surface area contributed by atoms with Gasteiger partial charge in [0, 0.05) is 31.9 Å². The van der Waals surface area contributed by atoms with Crippen LogP contribution in [0, 0.1) is 19.7 Å². The quantitative estimate of drug-likeness (QED) is 0.712. The van der Waals surface area contributed by atoms with Crippen LogP contribution in [0.15, 0.2) is 36.4 Å². The summed E-state index contributed by atoms with van der Waals surface area (Å²) in [5.41, 5.74) is 3.49. The average molecular weight is 384 g/mol. The molecule has 2 amide bonds. The maximum Gasteiger partial charge on any atom is 0.321 e. The Balaban J connectivity index is 1.40. The summed E-state index contributed by atoms with van der Waals surface area (Å²) in [6.07, 6.45) is 0. The molecule has 0 atom stereocenters. The molecule has 1 saturated heterocycles. The molecule has 140 valence electrons. The van der Waals surface area contributed by atoms with Crippen molar-refractivity contribution in [2.45, 2.75) is 13.8 Å². The second kappa shape index (κ2) is 7.15. The van der Waals surface area contributed by atoms with E-state index in [1.165, 1.54) is 17.4 Å². The van der Waals surface area contributed by atoms with E-state index in [-0.39, 0.29) is 11.8 Å². The number of thiazole rings is 1. The number of aryl methyl sites for hydroxylation is 2. The SMILES string of the molecule is Cc1cc(C)cc(NC(=O)N2CCN(c3nc4c(F)cccc4s3)CC2)c1. The Hall–Kier alpha value is -2.67. The zero-order valence-corrected chi connectivity index (χ0v) is 16.1. The number of piperazine rings is 1. The lowest BCUT2D eigenvalue weighted by Gasteiger charge is -2.34. The molecule has 5 nitrogen and oxygen atoms in total. The highest BCUT2D eigenvalue weighted by Gasteiger charge is 2.23. The van der Waals surface area contributed by atoms with Crippen molar-refractivity contribution >= 4 is 38.4 Å². The smallest absolute Gasteiger partial charge is 0.321 e. The minimum atomic E-state index is -0.290. The minimum Gasteiger partial charge on any atom is -0.345 e. The van der Waals surface area contributed by atoms with Gasteiger partial charge in [-0.2, -0.15) is 0 Å². The Labute approximate surface area is 161 Å². The van der Waals surface area contributed by atoms with E-state index in [1.807, 2.05) is 36.9 Å². The van der Waals surface area contributed by atoms with Gasteiger partial charge in [-0.1, -0.05) is 23.5 Å². The van der Waals surface area contributed by atoms with Crippen LogP contribution in [-0.4, -0.2) is 42.1 Å². The van der Waals surface area contributed by atoms with Gasteiger partial charge in [0.15, 0.2) is 5.13 Å². The van der Waals surface area contributed by atoms with Crippen molar-refractivity contribution < 1.29 is 9.18 Å². The summed E-state index contributed by atoms with van der Waals surface area (Å²) in [6, 6.07) is 10.9. The molecule has 1 aromatic heterocycles. The predicted octanol–water partition coefficient (Wildman–Crippen LogP) is 4.41. The fourth-order valence-corrected chi connectivity index (χ4v) is 4.42. The molecule has 1 aliphatic rings. The maximum absolute atomic E-state index is 13.9. The van der Waals surface area contributed by atoms with E-state index >= 15 is 0 Å². The van der Waals surface area contributed by atoms with Crippen LogP contribution < -0.4 is 10.2 Å². The standard InChI is InChI=1S/C20H21FN4OS/c1-13-10-14(2)12-15(11-13)22-19(26)24-6-8-25(9-7-24)20-23-18-16(21)4-3-5-17(18)27-20/h3-5,10-12H,6-9H2,1-2H3,(H,22,26). The van der Waals surface area contributed by atoms with Gasteiger partial charge in [-0.15, -0.1) is 0 Å². The summed E-state index contributed by atoms with van der Waals surface area (Å²) in [7, 11) is 0. The van der Waals surface area contributed by atoms with Crippen molar-refractivity contribution in [3.05, 3.63) is 53.3 Å². The third-order valence-electron chi connectivity index (χ3n) is 4.67. The molecule has 7 heteroatoms. The minimum absolute atomic E-state index is 0.0880. The van der Waals surface area contributed by atoms with E-state index in [1.54, 1.807) is 6.07 Å². The normalized spacial score (nSPS) is 14.6. The number of urea groups is 1. The number of nitrogens with zero attached hydrogens (tertiary/aromatic N) is 3. The largest absolute Gasteiger partial charge is 0.345 e. The second-order valence-corrected chi connectivity index (χ2v) is 7.87. The van der Waals surface area contributed by atoms with Gasteiger partial charge in [0.2, 0.25) is 0 Å². The number of carbonyl (C=O) groups excluding carboxylic acids is 1. The lowest BCUT2D eigenvalue weighted by Crippen LogP contribution is -2.50. The van der Waals surface area contributed by atoms with Crippen LogP contribution in [0.1, 0.15) is 11.1 Å². The topological polar surface area (TPSA) is 48.5 Å². The van der Waals surface area contributed by atoms with Crippen LogP contribution in [0.5, 0.6) is 0 Å². The van der Waals surface area contributed by atoms with E-state index in [0.717, 1.165) is 26.6 Å². The number of carbonyl (C=O) groups is 1. The third-order valence-corrected chi connectivity index (χ3v) is 5.75. The first-order valence-electron chi connectivity index (χ1n) is 8.94. The van der Waals surface area contributed by atoms with Crippen LogP contribution in [0.25, 0.3) is 10.2 Å². The number of amides is 2. The van der Waals surface area contributed by atoms with Gasteiger partial charge in [-0.05, 0) is 49.2 Å². The summed E-state index contributed by atoms with van der Waals surface area (Å²) >= 11 is 1.49. The molecule has 0 spiro atoms. The van der Waals surface area contributed by atoms with Gasteiger partial charge in [0.05, 0.1) is 4.70 Å². The zero-order valence-electron chi connectivity index (χ0n) is 15.3. The number of anilines is 2. The van der Waals surface area contributed by atoms with Crippen molar-refractivity contribution in [1.82, 2.24) is 9.88 Å². The van der Waals surface area contributed by atoms with E-state index in [2.05, 4.69) is 21.3 Å². The zero-order chi connectivity index (χ0) is 19.0. The molecule has 1 aliphatic heterocycles. The molecule has 0 aliphatic carbocycles. The molecular weight excluding hydrogens is 363 g/mol. The molecule has 27 heavy (non-hydrogen) atoms. The molecule has 1 N–H and O–H groups in total.